The molecule has 2 unspecified atom stereocenters. The second-order valence-corrected chi connectivity index (χ2v) is 6.10. The first kappa shape index (κ1) is 15.6. The smallest absolute Gasteiger partial charge is 0.191 e. The van der Waals surface area contributed by atoms with Crippen molar-refractivity contribution in [3.63, 3.8) is 0 Å². The van der Waals surface area contributed by atoms with Crippen molar-refractivity contribution in [1.29, 1.82) is 0 Å². The average Bonchev–Trinajstić information content (AvgIpc) is 3.26. The van der Waals surface area contributed by atoms with Crippen LogP contribution >= 0.6 is 0 Å². The maximum Gasteiger partial charge on any atom is 0.191 e. The summed E-state index contributed by atoms with van der Waals surface area (Å²) in [7, 11) is 1.86. The van der Waals surface area contributed by atoms with Gasteiger partial charge < -0.3 is 15.4 Å². The molecule has 0 aromatic carbocycles. The van der Waals surface area contributed by atoms with E-state index in [0.29, 0.717) is 6.04 Å². The SMILES string of the molecule is CCOCCCNC(=NC)NC1CC1C1CCCCC1. The summed E-state index contributed by atoms with van der Waals surface area (Å²) >= 11 is 0. The van der Waals surface area contributed by atoms with Gasteiger partial charge in [0.15, 0.2) is 5.96 Å². The Balaban J connectivity index is 1.60. The first-order valence-corrected chi connectivity index (χ1v) is 8.40. The van der Waals surface area contributed by atoms with E-state index in [9.17, 15) is 0 Å². The van der Waals surface area contributed by atoms with Crippen LogP contribution in [0.15, 0.2) is 4.99 Å². The van der Waals surface area contributed by atoms with Gasteiger partial charge in [0.05, 0.1) is 0 Å². The Morgan fingerprint density at radius 2 is 2.05 bits per heavy atom. The van der Waals surface area contributed by atoms with Crippen LogP contribution in [-0.2, 0) is 4.74 Å². The molecule has 0 amide bonds. The van der Waals surface area contributed by atoms with E-state index < -0.39 is 0 Å². The third kappa shape index (κ3) is 4.97. The van der Waals surface area contributed by atoms with Gasteiger partial charge in [-0.3, -0.25) is 4.99 Å². The number of ether oxygens (including phenoxy) is 1. The quantitative estimate of drug-likeness (QED) is 0.428. The van der Waals surface area contributed by atoms with Crippen LogP contribution in [-0.4, -0.2) is 38.8 Å². The Morgan fingerprint density at radius 3 is 2.75 bits per heavy atom. The normalized spacial score (nSPS) is 27.4. The molecule has 0 spiro atoms. The molecule has 2 rings (SSSR count). The van der Waals surface area contributed by atoms with Gasteiger partial charge in [0.25, 0.3) is 0 Å². The average molecular weight is 281 g/mol. The molecule has 0 radical (unpaired) electrons. The number of hydrogen-bond acceptors (Lipinski definition) is 2. The van der Waals surface area contributed by atoms with Crippen LogP contribution in [0.25, 0.3) is 0 Å². The molecule has 0 heterocycles. The van der Waals surface area contributed by atoms with E-state index in [1.807, 2.05) is 14.0 Å². The van der Waals surface area contributed by atoms with E-state index in [0.717, 1.165) is 44.0 Å². The fourth-order valence-electron chi connectivity index (χ4n) is 3.36. The summed E-state index contributed by atoms with van der Waals surface area (Å²) in [5.74, 6) is 2.83. The van der Waals surface area contributed by atoms with Gasteiger partial charge in [-0.1, -0.05) is 32.1 Å². The zero-order valence-corrected chi connectivity index (χ0v) is 13.2. The van der Waals surface area contributed by atoms with Gasteiger partial charge in [0, 0.05) is 32.8 Å². The standard InChI is InChI=1S/C16H31N3O/c1-3-20-11-7-10-18-16(17-2)19-15-12-14(15)13-8-5-4-6-9-13/h13-15H,3-12H2,1-2H3,(H2,17,18,19). The highest BCUT2D eigenvalue weighted by molar-refractivity contribution is 5.80. The summed E-state index contributed by atoms with van der Waals surface area (Å²) in [4.78, 5) is 4.32. The molecule has 2 saturated carbocycles. The van der Waals surface area contributed by atoms with Crippen molar-refractivity contribution in [2.45, 2.75) is 57.9 Å². The van der Waals surface area contributed by atoms with Crippen LogP contribution in [0.4, 0.5) is 0 Å². The first-order valence-electron chi connectivity index (χ1n) is 8.40. The van der Waals surface area contributed by atoms with Crippen molar-refractivity contribution >= 4 is 5.96 Å². The van der Waals surface area contributed by atoms with Crippen LogP contribution in [0.2, 0.25) is 0 Å². The minimum atomic E-state index is 0.663. The zero-order valence-electron chi connectivity index (χ0n) is 13.2. The molecule has 2 aliphatic carbocycles. The summed E-state index contributed by atoms with van der Waals surface area (Å²) < 4.78 is 5.34. The fourth-order valence-corrected chi connectivity index (χ4v) is 3.36. The van der Waals surface area contributed by atoms with Crippen molar-refractivity contribution in [2.24, 2.45) is 16.8 Å². The van der Waals surface area contributed by atoms with Crippen molar-refractivity contribution in [3.8, 4) is 0 Å². The summed E-state index contributed by atoms with van der Waals surface area (Å²) in [6, 6.07) is 0.663. The summed E-state index contributed by atoms with van der Waals surface area (Å²) in [6.07, 6.45) is 9.60. The Bertz CT molecular complexity index is 300. The molecule has 0 bridgehead atoms. The lowest BCUT2D eigenvalue weighted by Gasteiger charge is -2.22. The van der Waals surface area contributed by atoms with Gasteiger partial charge in [-0.2, -0.15) is 0 Å². The summed E-state index contributed by atoms with van der Waals surface area (Å²) in [6.45, 7) is 4.60. The van der Waals surface area contributed by atoms with Crippen LogP contribution in [0, 0.1) is 11.8 Å². The van der Waals surface area contributed by atoms with E-state index in [1.165, 1.54) is 38.5 Å². The van der Waals surface area contributed by atoms with Crippen molar-refractivity contribution in [1.82, 2.24) is 10.6 Å². The highest BCUT2D eigenvalue weighted by Gasteiger charge is 2.43. The fraction of sp³-hybridized carbons (Fsp3) is 0.938. The highest BCUT2D eigenvalue weighted by atomic mass is 16.5. The molecule has 20 heavy (non-hydrogen) atoms. The van der Waals surface area contributed by atoms with Crippen molar-refractivity contribution in [2.75, 3.05) is 26.8 Å². The monoisotopic (exact) mass is 281 g/mol. The Kier molecular flexibility index (Phi) is 6.64. The number of nitrogens with one attached hydrogen (secondary N) is 2. The zero-order chi connectivity index (χ0) is 14.2. The number of guanidine groups is 1. The summed E-state index contributed by atoms with van der Waals surface area (Å²) in [5.41, 5.74) is 0. The van der Waals surface area contributed by atoms with Crippen LogP contribution in [0.5, 0.6) is 0 Å². The molecule has 0 saturated heterocycles. The number of aliphatic imine (C=N–C) groups is 1. The molecular formula is C16H31N3O. The molecule has 2 atom stereocenters. The number of nitrogens with zero attached hydrogens (tertiary/aromatic N) is 1. The minimum Gasteiger partial charge on any atom is -0.382 e. The van der Waals surface area contributed by atoms with Crippen LogP contribution in [0.1, 0.15) is 51.9 Å². The van der Waals surface area contributed by atoms with Gasteiger partial charge in [0.1, 0.15) is 0 Å². The maximum atomic E-state index is 5.34. The molecule has 4 nitrogen and oxygen atoms in total. The lowest BCUT2D eigenvalue weighted by Crippen LogP contribution is -2.40. The molecular weight excluding hydrogens is 250 g/mol. The molecule has 2 fully saturated rings. The van der Waals surface area contributed by atoms with E-state index in [4.69, 9.17) is 4.74 Å². The predicted octanol–water partition coefficient (Wildman–Crippen LogP) is 2.55. The predicted molar refractivity (Wildman–Crippen MR) is 84.1 cm³/mol. The molecule has 4 heteroatoms. The molecule has 0 aromatic rings. The second kappa shape index (κ2) is 8.50. The topological polar surface area (TPSA) is 45.6 Å². The Morgan fingerprint density at radius 1 is 1.25 bits per heavy atom. The van der Waals surface area contributed by atoms with Crippen LogP contribution < -0.4 is 10.6 Å². The Hall–Kier alpha value is -0.770. The second-order valence-electron chi connectivity index (χ2n) is 6.10. The van der Waals surface area contributed by atoms with Gasteiger partial charge >= 0.3 is 0 Å². The van der Waals surface area contributed by atoms with E-state index in [2.05, 4.69) is 15.6 Å². The summed E-state index contributed by atoms with van der Waals surface area (Å²) in [5, 5.41) is 6.96. The molecule has 116 valence electrons. The molecule has 0 aliphatic heterocycles. The largest absolute Gasteiger partial charge is 0.382 e. The molecule has 0 aromatic heterocycles. The first-order chi connectivity index (χ1) is 9.85. The lowest BCUT2D eigenvalue weighted by molar-refractivity contribution is 0.145. The van der Waals surface area contributed by atoms with E-state index >= 15 is 0 Å². The van der Waals surface area contributed by atoms with Gasteiger partial charge in [0.2, 0.25) is 0 Å². The van der Waals surface area contributed by atoms with Crippen molar-refractivity contribution < 1.29 is 4.74 Å². The number of rotatable bonds is 7. The molecule has 2 aliphatic rings. The van der Waals surface area contributed by atoms with E-state index in [1.54, 1.807) is 0 Å². The lowest BCUT2D eigenvalue weighted by atomic mass is 9.85. The molecule has 2 N–H and O–H groups in total. The third-order valence-electron chi connectivity index (χ3n) is 4.60. The van der Waals surface area contributed by atoms with Crippen LogP contribution in [0.3, 0.4) is 0 Å². The van der Waals surface area contributed by atoms with Gasteiger partial charge in [-0.05, 0) is 31.6 Å². The number of hydrogen-bond donors (Lipinski definition) is 2. The van der Waals surface area contributed by atoms with Gasteiger partial charge in [-0.15, -0.1) is 0 Å². The minimum absolute atomic E-state index is 0.663. The van der Waals surface area contributed by atoms with Crippen molar-refractivity contribution in [3.05, 3.63) is 0 Å². The van der Waals surface area contributed by atoms with E-state index in [-0.39, 0.29) is 0 Å². The third-order valence-corrected chi connectivity index (χ3v) is 4.60. The Labute approximate surface area is 123 Å². The highest BCUT2D eigenvalue weighted by Crippen LogP contribution is 2.44. The van der Waals surface area contributed by atoms with Gasteiger partial charge in [-0.25, -0.2) is 0 Å². The maximum absolute atomic E-state index is 5.34.